The van der Waals surface area contributed by atoms with Crippen LogP contribution in [0.2, 0.25) is 0 Å². The fraction of sp³-hybridized carbons (Fsp3) is 0.917. The molecule has 2 heteroatoms. The molecular formula is C36H71N2+. The highest BCUT2D eigenvalue weighted by Gasteiger charge is 2.24. The van der Waals surface area contributed by atoms with Gasteiger partial charge in [-0.05, 0) is 32.6 Å². The minimum atomic E-state index is 0.621. The van der Waals surface area contributed by atoms with Crippen LogP contribution >= 0.6 is 0 Å². The van der Waals surface area contributed by atoms with Gasteiger partial charge in [-0.1, -0.05) is 168 Å². The minimum absolute atomic E-state index is 0.621. The number of nitrogens with one attached hydrogen (secondary N) is 1. The van der Waals surface area contributed by atoms with Crippen molar-refractivity contribution in [1.82, 2.24) is 4.98 Å². The van der Waals surface area contributed by atoms with Gasteiger partial charge in [0.25, 0.3) is 5.82 Å². The number of aromatic nitrogens is 2. The van der Waals surface area contributed by atoms with E-state index >= 15 is 0 Å². The maximum atomic E-state index is 3.64. The molecule has 1 N–H and O–H groups in total. The molecule has 0 aliphatic carbocycles. The van der Waals surface area contributed by atoms with Crippen molar-refractivity contribution in [3.05, 3.63) is 18.2 Å². The normalized spacial score (nSPS) is 13.3. The van der Waals surface area contributed by atoms with Crippen molar-refractivity contribution < 1.29 is 4.57 Å². The van der Waals surface area contributed by atoms with Crippen molar-refractivity contribution in [3.8, 4) is 0 Å². The predicted octanol–water partition coefficient (Wildman–Crippen LogP) is 12.5. The van der Waals surface area contributed by atoms with E-state index < -0.39 is 0 Å². The Bertz CT molecular complexity index is 592. The Balaban J connectivity index is 2.09. The lowest BCUT2D eigenvalue weighted by Crippen LogP contribution is -2.41. The standard InChI is InChI=1S/C36H70N2/c1-5-8-10-12-14-16-18-19-20-21-23-25-27-29-31-35(7-3)36-37-32-33-38(36)34(4)30-28-26-24-22-17-15-13-11-9-6-2/h32-35H,5-31H2,1-4H3/p+1. The van der Waals surface area contributed by atoms with Gasteiger partial charge in [-0.2, -0.15) is 0 Å². The highest BCUT2D eigenvalue weighted by Crippen LogP contribution is 2.24. The molecule has 1 aromatic heterocycles. The lowest BCUT2D eigenvalue weighted by Gasteiger charge is -2.16. The molecule has 0 saturated carbocycles. The van der Waals surface area contributed by atoms with Gasteiger partial charge in [0, 0.05) is 0 Å². The number of hydrogen-bond acceptors (Lipinski definition) is 0. The van der Waals surface area contributed by atoms with Crippen LogP contribution in [0.15, 0.2) is 12.4 Å². The van der Waals surface area contributed by atoms with Crippen molar-refractivity contribution in [2.45, 2.75) is 213 Å². The maximum Gasteiger partial charge on any atom is 0.257 e. The van der Waals surface area contributed by atoms with E-state index in [1.807, 2.05) is 0 Å². The highest BCUT2D eigenvalue weighted by atomic mass is 15.1. The second-order valence-electron chi connectivity index (χ2n) is 12.6. The summed E-state index contributed by atoms with van der Waals surface area (Å²) in [6.45, 7) is 9.43. The predicted molar refractivity (Wildman–Crippen MR) is 170 cm³/mol. The summed E-state index contributed by atoms with van der Waals surface area (Å²) in [6.07, 6.45) is 42.9. The Kier molecular flexibility index (Phi) is 24.5. The summed E-state index contributed by atoms with van der Waals surface area (Å²) < 4.78 is 2.58. The fourth-order valence-corrected chi connectivity index (χ4v) is 6.26. The molecule has 224 valence electrons. The van der Waals surface area contributed by atoms with Gasteiger partial charge in [0.15, 0.2) is 0 Å². The van der Waals surface area contributed by atoms with E-state index in [4.69, 9.17) is 0 Å². The average molecular weight is 532 g/mol. The second-order valence-corrected chi connectivity index (χ2v) is 12.6. The molecule has 1 heterocycles. The fourth-order valence-electron chi connectivity index (χ4n) is 6.26. The van der Waals surface area contributed by atoms with Crippen LogP contribution in [0.1, 0.15) is 219 Å². The van der Waals surface area contributed by atoms with E-state index in [2.05, 4.69) is 49.6 Å². The molecule has 1 aromatic rings. The number of unbranched alkanes of at least 4 members (excludes halogenated alkanes) is 22. The second kappa shape index (κ2) is 26.4. The third-order valence-corrected chi connectivity index (χ3v) is 8.98. The Labute approximate surface area is 240 Å². The Morgan fingerprint density at radius 2 is 0.895 bits per heavy atom. The van der Waals surface area contributed by atoms with Gasteiger partial charge in [0.05, 0.1) is 12.0 Å². The van der Waals surface area contributed by atoms with Gasteiger partial charge in [-0.15, -0.1) is 0 Å². The lowest BCUT2D eigenvalue weighted by molar-refractivity contribution is -0.727. The first-order valence-electron chi connectivity index (χ1n) is 17.8. The molecule has 0 bridgehead atoms. The molecule has 0 amide bonds. The zero-order chi connectivity index (χ0) is 27.5. The number of aromatic amines is 1. The van der Waals surface area contributed by atoms with E-state index in [-0.39, 0.29) is 0 Å². The molecule has 0 fully saturated rings. The highest BCUT2D eigenvalue weighted by molar-refractivity contribution is 4.89. The van der Waals surface area contributed by atoms with Crippen molar-refractivity contribution in [3.63, 3.8) is 0 Å². The van der Waals surface area contributed by atoms with Gasteiger partial charge in [0.1, 0.15) is 12.4 Å². The summed E-state index contributed by atoms with van der Waals surface area (Å²) in [6, 6.07) is 0.621. The molecule has 0 saturated heterocycles. The van der Waals surface area contributed by atoms with Crippen LogP contribution in [0.5, 0.6) is 0 Å². The van der Waals surface area contributed by atoms with E-state index in [0.29, 0.717) is 12.0 Å². The monoisotopic (exact) mass is 532 g/mol. The quantitative estimate of drug-likeness (QED) is 0.0783. The van der Waals surface area contributed by atoms with Crippen LogP contribution in [0.25, 0.3) is 0 Å². The van der Waals surface area contributed by atoms with Crippen LogP contribution in [0.3, 0.4) is 0 Å². The maximum absolute atomic E-state index is 3.64. The number of rotatable bonds is 29. The smallest absolute Gasteiger partial charge is 0.247 e. The minimum Gasteiger partial charge on any atom is -0.247 e. The molecule has 2 nitrogen and oxygen atoms in total. The molecule has 0 aliphatic heterocycles. The van der Waals surface area contributed by atoms with Gasteiger partial charge >= 0.3 is 0 Å². The number of hydrogen-bond donors (Lipinski definition) is 1. The number of H-pyrrole nitrogens is 1. The van der Waals surface area contributed by atoms with Gasteiger partial charge < -0.3 is 0 Å². The SMILES string of the molecule is CCCCCCCCCCCCCCCCC(CC)c1[nH]cc[n+]1C(C)CCCCCCCCCCCC. The molecule has 2 atom stereocenters. The summed E-state index contributed by atoms with van der Waals surface area (Å²) in [5, 5.41) is 0. The zero-order valence-electron chi connectivity index (χ0n) is 26.8. The van der Waals surface area contributed by atoms with Crippen molar-refractivity contribution in [2.24, 2.45) is 0 Å². The topological polar surface area (TPSA) is 19.7 Å². The summed E-state index contributed by atoms with van der Waals surface area (Å²) >= 11 is 0. The first kappa shape index (κ1) is 35.2. The van der Waals surface area contributed by atoms with E-state index in [9.17, 15) is 0 Å². The zero-order valence-corrected chi connectivity index (χ0v) is 26.8. The Morgan fingerprint density at radius 1 is 0.526 bits per heavy atom. The van der Waals surface area contributed by atoms with Crippen LogP contribution in [-0.2, 0) is 0 Å². The van der Waals surface area contributed by atoms with E-state index in [1.165, 1.54) is 179 Å². The molecule has 2 unspecified atom stereocenters. The number of imidazole rings is 1. The summed E-state index contributed by atoms with van der Waals surface area (Å²) in [7, 11) is 0. The van der Waals surface area contributed by atoms with Crippen LogP contribution in [0.4, 0.5) is 0 Å². The van der Waals surface area contributed by atoms with Crippen LogP contribution in [-0.4, -0.2) is 4.98 Å². The van der Waals surface area contributed by atoms with Gasteiger partial charge in [-0.25, -0.2) is 9.55 Å². The lowest BCUT2D eigenvalue weighted by atomic mass is 9.96. The van der Waals surface area contributed by atoms with Crippen molar-refractivity contribution >= 4 is 0 Å². The van der Waals surface area contributed by atoms with Gasteiger partial charge in [0.2, 0.25) is 0 Å². The molecule has 0 aromatic carbocycles. The molecule has 1 rings (SSSR count). The van der Waals surface area contributed by atoms with Crippen molar-refractivity contribution in [1.29, 1.82) is 0 Å². The molecular weight excluding hydrogens is 460 g/mol. The summed E-state index contributed by atoms with van der Waals surface area (Å²) in [5.41, 5.74) is 0. The molecule has 38 heavy (non-hydrogen) atoms. The first-order chi connectivity index (χ1) is 18.7. The third kappa shape index (κ3) is 18.5. The van der Waals surface area contributed by atoms with Crippen LogP contribution < -0.4 is 4.57 Å². The third-order valence-electron chi connectivity index (χ3n) is 8.98. The first-order valence-corrected chi connectivity index (χ1v) is 17.8. The molecule has 0 aliphatic rings. The summed E-state index contributed by atoms with van der Waals surface area (Å²) in [5.74, 6) is 2.18. The van der Waals surface area contributed by atoms with E-state index in [1.54, 1.807) is 0 Å². The molecule has 0 spiro atoms. The Hall–Kier alpha value is -0.790. The van der Waals surface area contributed by atoms with E-state index in [0.717, 1.165) is 0 Å². The average Bonchev–Trinajstić information content (AvgIpc) is 3.42. The van der Waals surface area contributed by atoms with Gasteiger partial charge in [-0.3, -0.25) is 0 Å². The molecule has 0 radical (unpaired) electrons. The number of nitrogens with zero attached hydrogens (tertiary/aromatic N) is 1. The Morgan fingerprint density at radius 3 is 1.29 bits per heavy atom. The summed E-state index contributed by atoms with van der Waals surface area (Å²) in [4.78, 5) is 3.64. The largest absolute Gasteiger partial charge is 0.257 e. The van der Waals surface area contributed by atoms with Crippen molar-refractivity contribution in [2.75, 3.05) is 0 Å². The van der Waals surface area contributed by atoms with Crippen LogP contribution in [0, 0.1) is 0 Å².